The van der Waals surface area contributed by atoms with E-state index in [0.717, 1.165) is 6.29 Å². The summed E-state index contributed by atoms with van der Waals surface area (Å²) >= 11 is 0. The summed E-state index contributed by atoms with van der Waals surface area (Å²) in [6.07, 6.45) is 2.32. The average Bonchev–Trinajstić information content (AvgIpc) is 2.11. The molecule has 0 aromatic rings. The number of hydrogen-bond donors (Lipinski definition) is 0. The lowest BCUT2D eigenvalue weighted by molar-refractivity contribution is -0.115. The Balaban J connectivity index is 4.68. The van der Waals surface area contributed by atoms with Gasteiger partial charge in [0, 0.05) is 5.92 Å². The van der Waals surface area contributed by atoms with Gasteiger partial charge in [0.25, 0.3) is 0 Å². The lowest BCUT2D eigenvalue weighted by Gasteiger charge is -2.38. The van der Waals surface area contributed by atoms with E-state index in [1.165, 1.54) is 0 Å². The fraction of sp³-hybridized carbons (Fsp3) is 0.750. The molecule has 0 amide bonds. The summed E-state index contributed by atoms with van der Waals surface area (Å²) in [4.78, 5) is 11.0. The zero-order valence-corrected chi connectivity index (χ0v) is 11.8. The molecule has 15 heavy (non-hydrogen) atoms. The fourth-order valence-corrected chi connectivity index (χ4v) is 2.21. The van der Waals surface area contributed by atoms with E-state index < -0.39 is 8.32 Å². The third kappa shape index (κ3) is 3.91. The minimum atomic E-state index is -1.85. The van der Waals surface area contributed by atoms with Crippen LogP contribution >= 0.6 is 0 Å². The highest BCUT2D eigenvalue weighted by atomic mass is 28.4. The van der Waals surface area contributed by atoms with Crippen LogP contribution in [0.2, 0.25) is 18.1 Å². The fourth-order valence-electron chi connectivity index (χ4n) is 0.910. The number of carbonyl (C=O) groups is 1. The van der Waals surface area contributed by atoms with Gasteiger partial charge in [0.15, 0.2) is 8.32 Å². The Morgan fingerprint density at radius 3 is 2.07 bits per heavy atom. The van der Waals surface area contributed by atoms with Crippen LogP contribution in [-0.2, 0) is 9.22 Å². The summed E-state index contributed by atoms with van der Waals surface area (Å²) in [6, 6.07) is 0. The third-order valence-electron chi connectivity index (χ3n) is 3.26. The second kappa shape index (κ2) is 5.08. The maximum absolute atomic E-state index is 11.0. The Hall–Kier alpha value is -0.413. The van der Waals surface area contributed by atoms with Gasteiger partial charge in [-0.1, -0.05) is 33.8 Å². The summed E-state index contributed by atoms with van der Waals surface area (Å²) in [7, 11) is -1.85. The van der Waals surface area contributed by atoms with Crippen LogP contribution in [0.3, 0.4) is 0 Å². The zero-order chi connectivity index (χ0) is 12.3. The molecule has 0 saturated heterocycles. The van der Waals surface area contributed by atoms with Crippen LogP contribution in [-0.4, -0.2) is 20.7 Å². The normalized spacial score (nSPS) is 16.9. The van der Waals surface area contributed by atoms with Crippen molar-refractivity contribution >= 4 is 14.6 Å². The Morgan fingerprint density at radius 2 is 1.80 bits per heavy atom. The van der Waals surface area contributed by atoms with E-state index in [1.807, 2.05) is 6.92 Å². The van der Waals surface area contributed by atoms with Gasteiger partial charge in [0.2, 0.25) is 0 Å². The van der Waals surface area contributed by atoms with Gasteiger partial charge in [-0.2, -0.15) is 0 Å². The van der Waals surface area contributed by atoms with Crippen molar-refractivity contribution in [2.75, 3.05) is 0 Å². The van der Waals surface area contributed by atoms with Gasteiger partial charge in [0.1, 0.15) is 12.4 Å². The molecule has 0 fully saturated rings. The molecule has 0 unspecified atom stereocenters. The number of aldehydes is 1. The first kappa shape index (κ1) is 14.6. The lowest BCUT2D eigenvalue weighted by atomic mass is 10.1. The standard InChI is InChI=1S/C12H24O2Si/c1-8-10(2)11(9-13)14-15(6,7)12(3,4)5/h8-11H,1H2,2-7H3/t10-,11-/m0/s1. The third-order valence-corrected chi connectivity index (χ3v) is 7.73. The Morgan fingerprint density at radius 1 is 1.33 bits per heavy atom. The van der Waals surface area contributed by atoms with E-state index in [2.05, 4.69) is 40.4 Å². The summed E-state index contributed by atoms with van der Waals surface area (Å²) in [6.45, 7) is 16.5. The van der Waals surface area contributed by atoms with Gasteiger partial charge < -0.3 is 9.22 Å². The van der Waals surface area contributed by atoms with Crippen molar-refractivity contribution in [2.45, 2.75) is 51.9 Å². The quantitative estimate of drug-likeness (QED) is 0.409. The molecule has 88 valence electrons. The first-order valence-corrected chi connectivity index (χ1v) is 8.32. The highest BCUT2D eigenvalue weighted by molar-refractivity contribution is 6.74. The van der Waals surface area contributed by atoms with Gasteiger partial charge in [-0.05, 0) is 18.1 Å². The zero-order valence-electron chi connectivity index (χ0n) is 10.8. The maximum atomic E-state index is 11.0. The minimum absolute atomic E-state index is 0.0802. The highest BCUT2D eigenvalue weighted by Crippen LogP contribution is 2.37. The van der Waals surface area contributed by atoms with Crippen LogP contribution in [0.4, 0.5) is 0 Å². The van der Waals surface area contributed by atoms with Crippen LogP contribution in [0.15, 0.2) is 12.7 Å². The molecule has 0 aromatic carbocycles. The highest BCUT2D eigenvalue weighted by Gasteiger charge is 2.39. The number of hydrogen-bond acceptors (Lipinski definition) is 2. The Bertz CT molecular complexity index is 228. The molecule has 0 aromatic heterocycles. The van der Waals surface area contributed by atoms with E-state index in [1.54, 1.807) is 6.08 Å². The van der Waals surface area contributed by atoms with Crippen molar-refractivity contribution in [1.82, 2.24) is 0 Å². The first-order chi connectivity index (χ1) is 6.65. The van der Waals surface area contributed by atoms with E-state index in [-0.39, 0.29) is 17.1 Å². The monoisotopic (exact) mass is 228 g/mol. The average molecular weight is 228 g/mol. The molecule has 0 bridgehead atoms. The Kier molecular flexibility index (Phi) is 4.94. The summed E-state index contributed by atoms with van der Waals surface area (Å²) in [5, 5.41) is 0.134. The largest absolute Gasteiger partial charge is 0.407 e. The molecule has 0 radical (unpaired) electrons. The summed E-state index contributed by atoms with van der Waals surface area (Å²) in [5.74, 6) is 0.0802. The topological polar surface area (TPSA) is 26.3 Å². The van der Waals surface area contributed by atoms with Gasteiger partial charge in [-0.15, -0.1) is 6.58 Å². The van der Waals surface area contributed by atoms with E-state index in [9.17, 15) is 4.79 Å². The molecule has 0 heterocycles. The predicted molar refractivity (Wildman–Crippen MR) is 67.5 cm³/mol. The molecular weight excluding hydrogens is 204 g/mol. The van der Waals surface area contributed by atoms with E-state index >= 15 is 0 Å². The molecule has 0 N–H and O–H groups in total. The molecule has 0 rings (SSSR count). The van der Waals surface area contributed by atoms with Crippen LogP contribution in [0.25, 0.3) is 0 Å². The molecule has 2 atom stereocenters. The van der Waals surface area contributed by atoms with Crippen molar-refractivity contribution in [1.29, 1.82) is 0 Å². The maximum Gasteiger partial charge on any atom is 0.193 e. The van der Waals surface area contributed by atoms with Crippen molar-refractivity contribution < 1.29 is 9.22 Å². The van der Waals surface area contributed by atoms with Crippen LogP contribution in [0, 0.1) is 5.92 Å². The molecule has 0 aliphatic carbocycles. The lowest BCUT2D eigenvalue weighted by Crippen LogP contribution is -2.45. The molecule has 0 aliphatic rings. The van der Waals surface area contributed by atoms with Gasteiger partial charge in [0.05, 0.1) is 0 Å². The van der Waals surface area contributed by atoms with Crippen molar-refractivity contribution in [3.05, 3.63) is 12.7 Å². The van der Waals surface area contributed by atoms with E-state index in [4.69, 9.17) is 4.43 Å². The number of rotatable bonds is 5. The van der Waals surface area contributed by atoms with Gasteiger partial charge in [-0.3, -0.25) is 0 Å². The molecule has 0 aliphatic heterocycles. The van der Waals surface area contributed by atoms with Crippen molar-refractivity contribution in [2.24, 2.45) is 5.92 Å². The van der Waals surface area contributed by atoms with Crippen LogP contribution < -0.4 is 0 Å². The van der Waals surface area contributed by atoms with Gasteiger partial charge in [-0.25, -0.2) is 0 Å². The summed E-state index contributed by atoms with van der Waals surface area (Å²) < 4.78 is 6.00. The minimum Gasteiger partial charge on any atom is -0.407 e. The smallest absolute Gasteiger partial charge is 0.193 e. The Labute approximate surface area is 94.8 Å². The molecule has 0 spiro atoms. The van der Waals surface area contributed by atoms with Crippen molar-refractivity contribution in [3.63, 3.8) is 0 Å². The predicted octanol–water partition coefficient (Wildman–Crippen LogP) is 3.40. The van der Waals surface area contributed by atoms with Crippen LogP contribution in [0.1, 0.15) is 27.7 Å². The second-order valence-electron chi connectivity index (χ2n) is 5.57. The molecule has 0 saturated carbocycles. The van der Waals surface area contributed by atoms with Crippen LogP contribution in [0.5, 0.6) is 0 Å². The number of carbonyl (C=O) groups excluding carboxylic acids is 1. The van der Waals surface area contributed by atoms with E-state index in [0.29, 0.717) is 0 Å². The SMILES string of the molecule is C=C[C@H](C)[C@H](C=O)O[Si](C)(C)C(C)(C)C. The van der Waals surface area contributed by atoms with Gasteiger partial charge >= 0.3 is 0 Å². The summed E-state index contributed by atoms with van der Waals surface area (Å²) in [5.41, 5.74) is 0. The first-order valence-electron chi connectivity index (χ1n) is 5.41. The molecule has 2 nitrogen and oxygen atoms in total. The van der Waals surface area contributed by atoms with Crippen molar-refractivity contribution in [3.8, 4) is 0 Å². The molecular formula is C12H24O2Si. The second-order valence-corrected chi connectivity index (χ2v) is 10.3. The molecule has 3 heteroatoms.